The van der Waals surface area contributed by atoms with E-state index in [2.05, 4.69) is 27.7 Å². The zero-order valence-electron chi connectivity index (χ0n) is 9.79. The molecule has 0 spiro atoms. The Kier molecular flexibility index (Phi) is 5.04. The maximum Gasteiger partial charge on any atom is 0.219 e. The monoisotopic (exact) mass is 185 g/mol. The van der Waals surface area contributed by atoms with Gasteiger partial charge in [-0.15, -0.1) is 0 Å². The normalized spacial score (nSPS) is 13.5. The SMILES string of the molecule is CC(=O)N(C)C(CC(C)C)C(C)C. The Labute approximate surface area is 82.3 Å². The molecule has 0 aromatic rings. The molecule has 0 aliphatic carbocycles. The van der Waals surface area contributed by atoms with E-state index in [1.165, 1.54) is 0 Å². The lowest BCUT2D eigenvalue weighted by Gasteiger charge is -2.31. The van der Waals surface area contributed by atoms with E-state index in [9.17, 15) is 4.79 Å². The largest absolute Gasteiger partial charge is 0.343 e. The lowest BCUT2D eigenvalue weighted by molar-refractivity contribution is -0.130. The fraction of sp³-hybridized carbons (Fsp3) is 0.909. The van der Waals surface area contributed by atoms with E-state index in [1.807, 2.05) is 11.9 Å². The quantitative estimate of drug-likeness (QED) is 0.659. The highest BCUT2D eigenvalue weighted by Crippen LogP contribution is 2.17. The van der Waals surface area contributed by atoms with E-state index in [1.54, 1.807) is 6.92 Å². The van der Waals surface area contributed by atoms with E-state index >= 15 is 0 Å². The zero-order chi connectivity index (χ0) is 10.6. The molecular formula is C11H23NO. The lowest BCUT2D eigenvalue weighted by atomic mass is 9.93. The molecular weight excluding hydrogens is 162 g/mol. The van der Waals surface area contributed by atoms with Gasteiger partial charge in [0.1, 0.15) is 0 Å². The minimum absolute atomic E-state index is 0.166. The second kappa shape index (κ2) is 5.25. The molecule has 0 saturated heterocycles. The van der Waals surface area contributed by atoms with Crippen molar-refractivity contribution in [3.8, 4) is 0 Å². The Hall–Kier alpha value is -0.530. The van der Waals surface area contributed by atoms with Crippen LogP contribution in [-0.4, -0.2) is 23.9 Å². The van der Waals surface area contributed by atoms with Crippen molar-refractivity contribution in [2.75, 3.05) is 7.05 Å². The fourth-order valence-electron chi connectivity index (χ4n) is 1.59. The van der Waals surface area contributed by atoms with Gasteiger partial charge in [-0.25, -0.2) is 0 Å². The Balaban J connectivity index is 4.32. The summed E-state index contributed by atoms with van der Waals surface area (Å²) in [5.74, 6) is 1.35. The van der Waals surface area contributed by atoms with E-state index in [4.69, 9.17) is 0 Å². The third-order valence-electron chi connectivity index (χ3n) is 2.48. The van der Waals surface area contributed by atoms with Crippen LogP contribution in [-0.2, 0) is 4.79 Å². The number of hydrogen-bond acceptors (Lipinski definition) is 1. The third-order valence-corrected chi connectivity index (χ3v) is 2.48. The van der Waals surface area contributed by atoms with Crippen molar-refractivity contribution < 1.29 is 4.79 Å². The van der Waals surface area contributed by atoms with Crippen molar-refractivity contribution in [1.29, 1.82) is 0 Å². The van der Waals surface area contributed by atoms with Crippen molar-refractivity contribution >= 4 is 5.91 Å². The van der Waals surface area contributed by atoms with Crippen LogP contribution < -0.4 is 0 Å². The van der Waals surface area contributed by atoms with Crippen molar-refractivity contribution in [2.24, 2.45) is 11.8 Å². The second-order valence-electron chi connectivity index (χ2n) is 4.57. The van der Waals surface area contributed by atoms with Crippen molar-refractivity contribution in [3.63, 3.8) is 0 Å². The molecule has 0 aromatic carbocycles. The highest BCUT2D eigenvalue weighted by molar-refractivity contribution is 5.73. The Morgan fingerprint density at radius 3 is 1.92 bits per heavy atom. The number of rotatable bonds is 4. The van der Waals surface area contributed by atoms with Crippen LogP contribution in [0.15, 0.2) is 0 Å². The summed E-state index contributed by atoms with van der Waals surface area (Å²) in [6.07, 6.45) is 1.09. The molecule has 0 rings (SSSR count). The highest BCUT2D eigenvalue weighted by Gasteiger charge is 2.21. The number of amides is 1. The molecule has 0 aliphatic heterocycles. The van der Waals surface area contributed by atoms with Crippen molar-refractivity contribution in [2.45, 2.75) is 47.1 Å². The molecule has 1 unspecified atom stereocenters. The predicted molar refractivity (Wildman–Crippen MR) is 56.5 cm³/mol. The molecule has 1 atom stereocenters. The van der Waals surface area contributed by atoms with E-state index in [0.717, 1.165) is 6.42 Å². The number of hydrogen-bond donors (Lipinski definition) is 0. The molecule has 0 N–H and O–H groups in total. The van der Waals surface area contributed by atoms with E-state index in [-0.39, 0.29) is 5.91 Å². The molecule has 78 valence electrons. The van der Waals surface area contributed by atoms with Gasteiger partial charge < -0.3 is 4.90 Å². The summed E-state index contributed by atoms with van der Waals surface area (Å²) in [4.78, 5) is 13.1. The first-order chi connectivity index (χ1) is 5.86. The van der Waals surface area contributed by atoms with Gasteiger partial charge in [0.15, 0.2) is 0 Å². The maximum atomic E-state index is 11.2. The molecule has 0 fully saturated rings. The van der Waals surface area contributed by atoms with Crippen molar-refractivity contribution in [3.05, 3.63) is 0 Å². The van der Waals surface area contributed by atoms with Gasteiger partial charge in [-0.3, -0.25) is 4.79 Å². The third kappa shape index (κ3) is 4.30. The summed E-state index contributed by atoms with van der Waals surface area (Å²) in [6, 6.07) is 0.387. The molecule has 1 amide bonds. The van der Waals surface area contributed by atoms with Crippen LogP contribution in [0.5, 0.6) is 0 Å². The van der Waals surface area contributed by atoms with Crippen LogP contribution in [0.4, 0.5) is 0 Å². The average molecular weight is 185 g/mol. The van der Waals surface area contributed by atoms with Crippen LogP contribution in [0.25, 0.3) is 0 Å². The van der Waals surface area contributed by atoms with Crippen molar-refractivity contribution in [1.82, 2.24) is 4.90 Å². The van der Waals surface area contributed by atoms with Gasteiger partial charge in [0.05, 0.1) is 0 Å². The lowest BCUT2D eigenvalue weighted by Crippen LogP contribution is -2.39. The van der Waals surface area contributed by atoms with Crippen LogP contribution >= 0.6 is 0 Å². The topological polar surface area (TPSA) is 20.3 Å². The van der Waals surface area contributed by atoms with Gasteiger partial charge in [0.25, 0.3) is 0 Å². The summed E-state index contributed by atoms with van der Waals surface area (Å²) < 4.78 is 0. The first-order valence-electron chi connectivity index (χ1n) is 5.09. The van der Waals surface area contributed by atoms with Gasteiger partial charge in [-0.1, -0.05) is 27.7 Å². The standard InChI is InChI=1S/C11H23NO/c1-8(2)7-11(9(3)4)12(6)10(5)13/h8-9,11H,7H2,1-6H3. The molecule has 0 bridgehead atoms. The number of nitrogens with zero attached hydrogens (tertiary/aromatic N) is 1. The van der Waals surface area contributed by atoms with E-state index < -0.39 is 0 Å². The number of carbonyl (C=O) groups is 1. The molecule has 0 radical (unpaired) electrons. The van der Waals surface area contributed by atoms with Gasteiger partial charge >= 0.3 is 0 Å². The molecule has 0 heterocycles. The Morgan fingerprint density at radius 2 is 1.69 bits per heavy atom. The molecule has 2 nitrogen and oxygen atoms in total. The smallest absolute Gasteiger partial charge is 0.219 e. The van der Waals surface area contributed by atoms with Gasteiger partial charge in [-0.05, 0) is 18.3 Å². The van der Waals surface area contributed by atoms with Crippen LogP contribution in [0.1, 0.15) is 41.0 Å². The second-order valence-corrected chi connectivity index (χ2v) is 4.57. The molecule has 2 heteroatoms. The Morgan fingerprint density at radius 1 is 1.23 bits per heavy atom. The first kappa shape index (κ1) is 12.5. The van der Waals surface area contributed by atoms with E-state index in [0.29, 0.717) is 17.9 Å². The minimum atomic E-state index is 0.166. The summed E-state index contributed by atoms with van der Waals surface area (Å²) in [6.45, 7) is 10.4. The summed E-state index contributed by atoms with van der Waals surface area (Å²) in [5.41, 5.74) is 0. The van der Waals surface area contributed by atoms with Crippen LogP contribution in [0, 0.1) is 11.8 Å². The van der Waals surface area contributed by atoms with Gasteiger partial charge in [0, 0.05) is 20.0 Å². The maximum absolute atomic E-state index is 11.2. The fourth-order valence-corrected chi connectivity index (χ4v) is 1.59. The number of carbonyl (C=O) groups excluding carboxylic acids is 1. The van der Waals surface area contributed by atoms with Crippen LogP contribution in [0.2, 0.25) is 0 Å². The summed E-state index contributed by atoms with van der Waals surface area (Å²) in [7, 11) is 1.90. The minimum Gasteiger partial charge on any atom is -0.343 e. The molecule has 0 aliphatic rings. The average Bonchev–Trinajstić information content (AvgIpc) is 1.97. The van der Waals surface area contributed by atoms with Gasteiger partial charge in [-0.2, -0.15) is 0 Å². The van der Waals surface area contributed by atoms with Gasteiger partial charge in [0.2, 0.25) is 5.91 Å². The predicted octanol–water partition coefficient (Wildman–Crippen LogP) is 2.54. The Bertz CT molecular complexity index is 163. The zero-order valence-corrected chi connectivity index (χ0v) is 9.79. The molecule has 0 aromatic heterocycles. The van der Waals surface area contributed by atoms with Crippen LogP contribution in [0.3, 0.4) is 0 Å². The molecule has 0 saturated carbocycles. The molecule has 13 heavy (non-hydrogen) atoms. The highest BCUT2D eigenvalue weighted by atomic mass is 16.2. The first-order valence-corrected chi connectivity index (χ1v) is 5.09. The summed E-state index contributed by atoms with van der Waals surface area (Å²) in [5, 5.41) is 0. The summed E-state index contributed by atoms with van der Waals surface area (Å²) >= 11 is 0.